The zero-order valence-corrected chi connectivity index (χ0v) is 63.2. The number of piperidine rings is 2. The van der Waals surface area contributed by atoms with Crippen LogP contribution in [0, 0.1) is 59.2 Å². The lowest BCUT2D eigenvalue weighted by Crippen LogP contribution is -2.47. The van der Waals surface area contributed by atoms with Crippen molar-refractivity contribution in [1.29, 1.82) is 0 Å². The van der Waals surface area contributed by atoms with Crippen LogP contribution >= 0.6 is 0 Å². The van der Waals surface area contributed by atoms with E-state index in [-0.39, 0.29) is 7.43 Å². The van der Waals surface area contributed by atoms with E-state index in [0.29, 0.717) is 0 Å². The summed E-state index contributed by atoms with van der Waals surface area (Å²) in [7, 11) is 17.9. The fourth-order valence-electron chi connectivity index (χ4n) is 17.0. The van der Waals surface area contributed by atoms with Crippen molar-refractivity contribution in [3.8, 4) is 0 Å². The van der Waals surface area contributed by atoms with E-state index >= 15 is 0 Å². The van der Waals surface area contributed by atoms with Crippen molar-refractivity contribution < 1.29 is 0 Å². The molecule has 11 saturated heterocycles. The summed E-state index contributed by atoms with van der Waals surface area (Å²) in [5.74, 6) is 9.26. The number of rotatable bonds is 8. The molecule has 0 spiro atoms. The van der Waals surface area contributed by atoms with Gasteiger partial charge in [-0.3, -0.25) is 19.6 Å². The Hall–Kier alpha value is -0.780. The molecule has 0 aliphatic carbocycles. The third-order valence-electron chi connectivity index (χ3n) is 23.6. The number of hydrogen-bond acceptors (Lipinski definition) is 13. The molecule has 0 N–H and O–H groups in total. The van der Waals surface area contributed by atoms with E-state index in [1.807, 2.05) is 0 Å². The molecular formula is C76H157N13. The summed E-state index contributed by atoms with van der Waals surface area (Å²) < 4.78 is 0. The SMILES string of the molecule is C.CC(C)C1=CCCN(C)C1.CC(C)C1CCCN(C)C1.CC(C)C1CCN(C)C1.CC(C)N1CC2CCCN(C)C2C1.CC(C)N1CC2CCN(C)C2C1.CC(C)N1CC2CN(C)CC2C1.CC(C)N1CCC2CN(C)CC21.CC(C)N1CCN(C)CC1. The van der Waals surface area contributed by atoms with E-state index in [0.717, 1.165) is 108 Å². The highest BCUT2D eigenvalue weighted by Crippen LogP contribution is 2.35. The van der Waals surface area contributed by atoms with Crippen LogP contribution in [0.25, 0.3) is 0 Å². The van der Waals surface area contributed by atoms with Gasteiger partial charge in [0.25, 0.3) is 0 Å². The van der Waals surface area contributed by atoms with Gasteiger partial charge in [-0.25, -0.2) is 0 Å². The molecule has 12 rings (SSSR count). The zero-order chi connectivity index (χ0) is 65.1. The smallest absolute Gasteiger partial charge is 0.0266 e. The predicted octanol–water partition coefficient (Wildman–Crippen LogP) is 11.1. The summed E-state index contributed by atoms with van der Waals surface area (Å²) in [6, 6.07) is 6.29. The van der Waals surface area contributed by atoms with E-state index < -0.39 is 0 Å². The van der Waals surface area contributed by atoms with Gasteiger partial charge in [-0.05, 0) is 269 Å². The standard InChI is InChI=1S/C11H22N2.3C10H20N2.C9H19N.C9H17N.C8H18N2.C8H17N.CH4/c1-9(2)13-7-10-5-4-6-12(3)11(10)8-13;1-8(2)12-6-9-4-11(3)5-10(9)7-12;1-8(2)12-5-4-9-6-11(3)7-10(9)12;1-8(2)12-6-9-4-5-11(3)10(9)7-12;2*1-8(2)9-5-4-6-10(3)7-9;1-8(2)10-6-4-9(3)5-7-10;1-7(2)8-4-5-9(3)6-8;/h9-11H,4-8H2,1-3H3;3*8-10H,4-7H2,1-3H3;8-9H,4-7H2,1-3H3;5,8H,4,6-7H2,1-3H3;8H,4-7H2,1-3H3;7-8H,4-6H2,1-3H3;1H4. The van der Waals surface area contributed by atoms with E-state index in [2.05, 4.69) is 237 Å². The summed E-state index contributed by atoms with van der Waals surface area (Å²) in [6.45, 7) is 66.7. The molecule has 10 unspecified atom stereocenters. The second kappa shape index (κ2) is 40.1. The van der Waals surface area contributed by atoms with Crippen molar-refractivity contribution >= 4 is 0 Å². The molecule has 0 aromatic carbocycles. The Morgan fingerprint density at radius 3 is 1.19 bits per heavy atom. The van der Waals surface area contributed by atoms with Gasteiger partial charge in [0.1, 0.15) is 0 Å². The van der Waals surface area contributed by atoms with Crippen LogP contribution < -0.4 is 0 Å². The van der Waals surface area contributed by atoms with Gasteiger partial charge in [-0.1, -0.05) is 60.6 Å². The van der Waals surface area contributed by atoms with Crippen LogP contribution in [0.3, 0.4) is 0 Å². The highest BCUT2D eigenvalue weighted by Gasteiger charge is 2.43. The van der Waals surface area contributed by atoms with Crippen LogP contribution in [0.1, 0.15) is 170 Å². The first-order valence-corrected chi connectivity index (χ1v) is 37.4. The molecule has 89 heavy (non-hydrogen) atoms. The van der Waals surface area contributed by atoms with Gasteiger partial charge in [0.05, 0.1) is 0 Å². The minimum atomic E-state index is 0. The maximum atomic E-state index is 2.67. The third-order valence-corrected chi connectivity index (χ3v) is 23.6. The van der Waals surface area contributed by atoms with Crippen LogP contribution in [0.5, 0.6) is 0 Å². The summed E-state index contributed by atoms with van der Waals surface area (Å²) in [5.41, 5.74) is 1.61. The van der Waals surface area contributed by atoms with Gasteiger partial charge in [-0.2, -0.15) is 0 Å². The van der Waals surface area contributed by atoms with E-state index in [1.54, 1.807) is 5.57 Å². The number of likely N-dealkylation sites (tertiary alicyclic amines) is 10. The quantitative estimate of drug-likeness (QED) is 0.217. The molecule has 13 heteroatoms. The molecule has 0 aromatic rings. The van der Waals surface area contributed by atoms with E-state index in [1.165, 1.54) is 202 Å². The zero-order valence-electron chi connectivity index (χ0n) is 63.2. The Labute approximate surface area is 556 Å². The Kier molecular flexibility index (Phi) is 36.3. The minimum Gasteiger partial charge on any atom is -0.306 e. The van der Waals surface area contributed by atoms with Gasteiger partial charge in [0.15, 0.2) is 0 Å². The molecule has 0 aromatic heterocycles. The summed E-state index contributed by atoms with van der Waals surface area (Å²) >= 11 is 0. The average molecular weight is 1250 g/mol. The van der Waals surface area contributed by atoms with Crippen molar-refractivity contribution in [2.75, 3.05) is 207 Å². The second-order valence-corrected chi connectivity index (χ2v) is 33.5. The molecule has 12 heterocycles. The second-order valence-electron chi connectivity index (χ2n) is 33.5. The fraction of sp³-hybridized carbons (Fsp3) is 0.974. The van der Waals surface area contributed by atoms with Crippen molar-refractivity contribution in [2.24, 2.45) is 59.2 Å². The van der Waals surface area contributed by atoms with Crippen molar-refractivity contribution in [3.05, 3.63) is 11.6 Å². The Morgan fingerprint density at radius 2 is 0.753 bits per heavy atom. The van der Waals surface area contributed by atoms with E-state index in [9.17, 15) is 0 Å². The van der Waals surface area contributed by atoms with Crippen molar-refractivity contribution in [2.45, 2.75) is 218 Å². The normalized spacial score (nSPS) is 32.2. The lowest BCUT2D eigenvalue weighted by Gasteiger charge is -2.34. The van der Waals surface area contributed by atoms with Crippen molar-refractivity contribution in [1.82, 2.24) is 63.7 Å². The first kappa shape index (κ1) is 80.7. The van der Waals surface area contributed by atoms with Gasteiger partial charge in [-0.15, -0.1) is 0 Å². The lowest BCUT2D eigenvalue weighted by atomic mass is 9.88. The molecule has 0 radical (unpaired) electrons. The molecule has 12 aliphatic rings. The van der Waals surface area contributed by atoms with Gasteiger partial charge in [0, 0.05) is 166 Å². The van der Waals surface area contributed by atoms with Crippen molar-refractivity contribution in [3.63, 3.8) is 0 Å². The van der Waals surface area contributed by atoms with Gasteiger partial charge < -0.3 is 44.1 Å². The van der Waals surface area contributed by atoms with E-state index in [4.69, 9.17) is 0 Å². The Balaban J connectivity index is 0.000000218. The third kappa shape index (κ3) is 26.6. The summed E-state index contributed by atoms with van der Waals surface area (Å²) in [5, 5.41) is 0. The maximum Gasteiger partial charge on any atom is 0.0266 e. The maximum absolute atomic E-state index is 2.67. The highest BCUT2D eigenvalue weighted by molar-refractivity contribution is 5.10. The molecule has 0 bridgehead atoms. The van der Waals surface area contributed by atoms with Crippen LogP contribution in [0.15, 0.2) is 11.6 Å². The predicted molar refractivity (Wildman–Crippen MR) is 391 cm³/mol. The van der Waals surface area contributed by atoms with Gasteiger partial charge in [0.2, 0.25) is 0 Å². The average Bonchev–Trinajstić information content (AvgIpc) is 4.32. The first-order chi connectivity index (χ1) is 41.5. The highest BCUT2D eigenvalue weighted by atomic mass is 15.3. The largest absolute Gasteiger partial charge is 0.306 e. The summed E-state index contributed by atoms with van der Waals surface area (Å²) in [6.07, 6.45) is 13.6. The van der Waals surface area contributed by atoms with Crippen LogP contribution in [-0.2, 0) is 0 Å². The number of hydrogen-bond donors (Lipinski definition) is 0. The fourth-order valence-corrected chi connectivity index (χ4v) is 17.0. The Bertz CT molecular complexity index is 1870. The van der Waals surface area contributed by atoms with Crippen LogP contribution in [-0.4, -0.2) is 319 Å². The molecule has 11 fully saturated rings. The van der Waals surface area contributed by atoms with Crippen LogP contribution in [0.4, 0.5) is 0 Å². The lowest BCUT2D eigenvalue weighted by molar-refractivity contribution is 0.126. The first-order valence-electron chi connectivity index (χ1n) is 37.4. The number of fused-ring (bicyclic) bond motifs is 4. The topological polar surface area (TPSA) is 42.1 Å². The molecule has 13 nitrogen and oxygen atoms in total. The Morgan fingerprint density at radius 1 is 0.315 bits per heavy atom. The number of piperazine rings is 1. The summed E-state index contributed by atoms with van der Waals surface area (Å²) in [4.78, 5) is 32.8. The number of likely N-dealkylation sites (N-methyl/N-ethyl adjacent to an activating group) is 5. The monoisotopic (exact) mass is 1250 g/mol. The minimum absolute atomic E-state index is 0. The molecule has 10 atom stereocenters. The molecular weight excluding hydrogens is 1090 g/mol. The molecule has 12 aliphatic heterocycles. The van der Waals surface area contributed by atoms with Crippen LogP contribution in [0.2, 0.25) is 0 Å². The molecule has 0 amide bonds. The molecule has 0 saturated carbocycles. The number of nitrogens with zero attached hydrogens (tertiary/aromatic N) is 13. The molecule has 526 valence electrons. The van der Waals surface area contributed by atoms with Gasteiger partial charge >= 0.3 is 0 Å².